The lowest BCUT2D eigenvalue weighted by Gasteiger charge is -2.08. The maximum absolute atomic E-state index is 13.7. The maximum atomic E-state index is 13.7. The van der Waals surface area contributed by atoms with Crippen LogP contribution in [0.4, 0.5) is 4.39 Å². The summed E-state index contributed by atoms with van der Waals surface area (Å²) in [6.07, 6.45) is 1.52. The van der Waals surface area contributed by atoms with Gasteiger partial charge in [0.1, 0.15) is 5.82 Å². The minimum atomic E-state index is -1.74. The molecule has 110 valence electrons. The molecular formula is C14H12FNO4S. The molecule has 0 aliphatic rings. The van der Waals surface area contributed by atoms with Gasteiger partial charge in [0.05, 0.1) is 34.1 Å². The second-order valence-electron chi connectivity index (χ2n) is 4.11. The number of aromatic carboxylic acids is 1. The number of methoxy groups -OCH3 is 1. The Morgan fingerprint density at radius 2 is 2.19 bits per heavy atom. The van der Waals surface area contributed by atoms with E-state index in [-0.39, 0.29) is 16.2 Å². The quantitative estimate of drug-likeness (QED) is 0.916. The first kappa shape index (κ1) is 15.1. The first-order valence-corrected chi connectivity index (χ1v) is 7.24. The Morgan fingerprint density at radius 3 is 2.86 bits per heavy atom. The number of carboxylic acids is 1. The van der Waals surface area contributed by atoms with Gasteiger partial charge in [-0.25, -0.2) is 14.2 Å². The molecule has 0 aliphatic heterocycles. The van der Waals surface area contributed by atoms with E-state index in [9.17, 15) is 13.4 Å². The van der Waals surface area contributed by atoms with E-state index in [0.717, 1.165) is 18.2 Å². The van der Waals surface area contributed by atoms with E-state index in [0.29, 0.717) is 11.4 Å². The Balaban J connectivity index is 2.32. The highest BCUT2D eigenvalue weighted by molar-refractivity contribution is 7.84. The minimum Gasteiger partial charge on any atom is -0.481 e. The molecule has 1 unspecified atom stereocenters. The third kappa shape index (κ3) is 3.43. The van der Waals surface area contributed by atoms with Gasteiger partial charge in [0.15, 0.2) is 0 Å². The van der Waals surface area contributed by atoms with Crippen molar-refractivity contribution >= 4 is 16.8 Å². The summed E-state index contributed by atoms with van der Waals surface area (Å²) in [6.45, 7) is 0. The summed E-state index contributed by atoms with van der Waals surface area (Å²) in [4.78, 5) is 14.7. The zero-order chi connectivity index (χ0) is 15.4. The van der Waals surface area contributed by atoms with Crippen LogP contribution in [-0.4, -0.2) is 27.4 Å². The highest BCUT2D eigenvalue weighted by Crippen LogP contribution is 2.21. The number of halogens is 1. The van der Waals surface area contributed by atoms with Gasteiger partial charge in [0.2, 0.25) is 5.88 Å². The fourth-order valence-corrected chi connectivity index (χ4v) is 2.95. The van der Waals surface area contributed by atoms with E-state index in [2.05, 4.69) is 4.98 Å². The lowest BCUT2D eigenvalue weighted by Crippen LogP contribution is -2.05. The molecule has 7 heteroatoms. The van der Waals surface area contributed by atoms with Gasteiger partial charge in [-0.3, -0.25) is 4.21 Å². The smallest absolute Gasteiger partial charge is 0.335 e. The van der Waals surface area contributed by atoms with Crippen LogP contribution in [0.25, 0.3) is 0 Å². The number of pyridine rings is 1. The molecule has 0 amide bonds. The van der Waals surface area contributed by atoms with Crippen LogP contribution in [0, 0.1) is 5.82 Å². The maximum Gasteiger partial charge on any atom is 0.335 e. The topological polar surface area (TPSA) is 76.5 Å². The molecule has 0 bridgehead atoms. The number of ether oxygens (including phenoxy) is 1. The third-order valence-corrected chi connectivity index (χ3v) is 4.13. The number of nitrogens with zero attached hydrogens (tertiary/aromatic N) is 1. The van der Waals surface area contributed by atoms with E-state index in [4.69, 9.17) is 9.84 Å². The van der Waals surface area contributed by atoms with Crippen molar-refractivity contribution in [3.05, 3.63) is 53.5 Å². The van der Waals surface area contributed by atoms with Crippen molar-refractivity contribution in [1.29, 1.82) is 0 Å². The first-order chi connectivity index (χ1) is 10.0. The molecule has 1 aromatic carbocycles. The van der Waals surface area contributed by atoms with Gasteiger partial charge in [-0.1, -0.05) is 6.07 Å². The summed E-state index contributed by atoms with van der Waals surface area (Å²) in [7, 11) is -0.312. The Hall–Kier alpha value is -2.28. The molecular weight excluding hydrogens is 297 g/mol. The number of hydrogen-bond acceptors (Lipinski definition) is 4. The van der Waals surface area contributed by atoms with Gasteiger partial charge in [-0.2, -0.15) is 0 Å². The van der Waals surface area contributed by atoms with E-state index in [1.807, 2.05) is 0 Å². The van der Waals surface area contributed by atoms with E-state index < -0.39 is 22.6 Å². The molecule has 1 atom stereocenters. The Morgan fingerprint density at radius 1 is 1.43 bits per heavy atom. The second kappa shape index (κ2) is 6.45. The zero-order valence-electron chi connectivity index (χ0n) is 11.1. The summed E-state index contributed by atoms with van der Waals surface area (Å²) in [5.74, 6) is -1.62. The predicted molar refractivity (Wildman–Crippen MR) is 74.3 cm³/mol. The normalized spacial score (nSPS) is 11.9. The highest BCUT2D eigenvalue weighted by Gasteiger charge is 2.16. The lowest BCUT2D eigenvalue weighted by atomic mass is 10.2. The number of benzene rings is 1. The number of hydrogen-bond donors (Lipinski definition) is 1. The van der Waals surface area contributed by atoms with E-state index >= 15 is 0 Å². The third-order valence-electron chi connectivity index (χ3n) is 2.75. The van der Waals surface area contributed by atoms with Crippen LogP contribution in [0.1, 0.15) is 15.9 Å². The lowest BCUT2D eigenvalue weighted by molar-refractivity contribution is 0.0696. The molecule has 0 saturated heterocycles. The highest BCUT2D eigenvalue weighted by atomic mass is 32.2. The Bertz CT molecular complexity index is 705. The molecule has 5 nitrogen and oxygen atoms in total. The summed E-state index contributed by atoms with van der Waals surface area (Å²) >= 11 is 0. The molecule has 0 aliphatic carbocycles. The summed E-state index contributed by atoms with van der Waals surface area (Å²) in [5, 5.41) is 8.90. The monoisotopic (exact) mass is 309 g/mol. The average Bonchev–Trinajstić information content (AvgIpc) is 2.47. The average molecular weight is 309 g/mol. The van der Waals surface area contributed by atoms with Gasteiger partial charge < -0.3 is 9.84 Å². The van der Waals surface area contributed by atoms with Crippen molar-refractivity contribution in [1.82, 2.24) is 4.98 Å². The van der Waals surface area contributed by atoms with Crippen molar-refractivity contribution in [3.63, 3.8) is 0 Å². The van der Waals surface area contributed by atoms with Crippen LogP contribution in [0.2, 0.25) is 0 Å². The van der Waals surface area contributed by atoms with Crippen molar-refractivity contribution in [3.8, 4) is 5.88 Å². The van der Waals surface area contributed by atoms with Crippen LogP contribution < -0.4 is 4.74 Å². The number of carboxylic acid groups (broad SMARTS) is 1. The molecule has 1 heterocycles. The largest absolute Gasteiger partial charge is 0.481 e. The van der Waals surface area contributed by atoms with E-state index in [1.165, 1.54) is 13.3 Å². The standard InChI is InChI=1S/C14H12FNO4S/c1-20-13-10(3-2-6-16-13)8-21(19)12-7-9(14(17)18)4-5-11(12)15/h2-7H,8H2,1H3,(H,17,18). The van der Waals surface area contributed by atoms with Gasteiger partial charge >= 0.3 is 5.97 Å². The molecule has 0 fully saturated rings. The molecule has 0 spiro atoms. The van der Waals surface area contributed by atoms with Gasteiger partial charge in [-0.15, -0.1) is 0 Å². The van der Waals surface area contributed by atoms with Gasteiger partial charge in [-0.05, 0) is 24.3 Å². The van der Waals surface area contributed by atoms with Gasteiger partial charge in [0.25, 0.3) is 0 Å². The van der Waals surface area contributed by atoms with Crippen molar-refractivity contribution in [2.45, 2.75) is 10.6 Å². The van der Waals surface area contributed by atoms with Gasteiger partial charge in [0, 0.05) is 11.8 Å². The van der Waals surface area contributed by atoms with E-state index in [1.54, 1.807) is 12.1 Å². The van der Waals surface area contributed by atoms with Crippen LogP contribution in [0.15, 0.2) is 41.4 Å². The Kier molecular flexibility index (Phi) is 4.64. The van der Waals surface area contributed by atoms with Crippen molar-refractivity contribution in [2.75, 3.05) is 7.11 Å². The zero-order valence-corrected chi connectivity index (χ0v) is 11.9. The number of aromatic nitrogens is 1. The molecule has 2 aromatic rings. The number of rotatable bonds is 5. The fraction of sp³-hybridized carbons (Fsp3) is 0.143. The molecule has 0 saturated carbocycles. The molecule has 2 rings (SSSR count). The summed E-state index contributed by atoms with van der Waals surface area (Å²) < 4.78 is 31.0. The Labute approximate surface area is 122 Å². The van der Waals surface area contributed by atoms with Crippen LogP contribution in [-0.2, 0) is 16.6 Å². The van der Waals surface area contributed by atoms with Crippen LogP contribution in [0.5, 0.6) is 5.88 Å². The number of carbonyl (C=O) groups is 1. The van der Waals surface area contributed by atoms with Crippen molar-refractivity contribution < 1.29 is 23.2 Å². The molecule has 1 N–H and O–H groups in total. The molecule has 0 radical (unpaired) electrons. The molecule has 21 heavy (non-hydrogen) atoms. The summed E-state index contributed by atoms with van der Waals surface area (Å²) in [5.41, 5.74) is 0.441. The summed E-state index contributed by atoms with van der Waals surface area (Å²) in [6, 6.07) is 6.53. The fourth-order valence-electron chi connectivity index (χ4n) is 1.75. The predicted octanol–water partition coefficient (Wildman–Crippen LogP) is 2.24. The molecule has 1 aromatic heterocycles. The minimum absolute atomic E-state index is 0.0169. The van der Waals surface area contributed by atoms with Crippen LogP contribution in [0.3, 0.4) is 0 Å². The van der Waals surface area contributed by atoms with Crippen LogP contribution >= 0.6 is 0 Å². The first-order valence-electron chi connectivity index (χ1n) is 5.92. The second-order valence-corrected chi connectivity index (χ2v) is 5.53. The van der Waals surface area contributed by atoms with Crippen molar-refractivity contribution in [2.24, 2.45) is 0 Å². The SMILES string of the molecule is COc1ncccc1CS(=O)c1cc(C(=O)O)ccc1F.